The summed E-state index contributed by atoms with van der Waals surface area (Å²) >= 11 is 1.46. The maximum atomic E-state index is 13.2. The normalized spacial score (nSPS) is 15.5. The average molecular weight is 436 g/mol. The molecule has 0 saturated carbocycles. The Morgan fingerprint density at radius 1 is 1.19 bits per heavy atom. The van der Waals surface area contributed by atoms with Crippen LogP contribution >= 0.6 is 11.8 Å². The molecule has 1 fully saturated rings. The van der Waals surface area contributed by atoms with E-state index in [2.05, 4.69) is 15.4 Å². The second-order valence-electron chi connectivity index (χ2n) is 6.84. The van der Waals surface area contributed by atoms with Gasteiger partial charge in [-0.25, -0.2) is 14.1 Å². The molecule has 1 saturated heterocycles. The van der Waals surface area contributed by atoms with Gasteiger partial charge in [0.1, 0.15) is 17.7 Å². The molecular formula is C21H17FN6O2S. The summed E-state index contributed by atoms with van der Waals surface area (Å²) in [5.74, 6) is 0.0931. The molecule has 0 aliphatic carbocycles. The third kappa shape index (κ3) is 4.27. The number of aromatic nitrogens is 3. The van der Waals surface area contributed by atoms with Gasteiger partial charge in [0.2, 0.25) is 11.7 Å². The molecule has 1 N–H and O–H groups in total. The first-order valence-electron chi connectivity index (χ1n) is 9.35. The molecule has 1 unspecified atom stereocenters. The predicted octanol–water partition coefficient (Wildman–Crippen LogP) is 2.74. The quantitative estimate of drug-likeness (QED) is 0.675. The van der Waals surface area contributed by atoms with Crippen molar-refractivity contribution in [3.63, 3.8) is 0 Å². The van der Waals surface area contributed by atoms with Gasteiger partial charge >= 0.3 is 0 Å². The molecule has 8 nitrogen and oxygen atoms in total. The van der Waals surface area contributed by atoms with Crippen molar-refractivity contribution in [3.05, 3.63) is 71.6 Å². The molecule has 156 valence electrons. The molecule has 1 aliphatic rings. The van der Waals surface area contributed by atoms with Crippen molar-refractivity contribution in [1.29, 1.82) is 5.26 Å². The van der Waals surface area contributed by atoms with Gasteiger partial charge in [0.15, 0.2) is 0 Å². The van der Waals surface area contributed by atoms with E-state index in [9.17, 15) is 14.0 Å². The second kappa shape index (κ2) is 8.57. The number of benzene rings is 2. The van der Waals surface area contributed by atoms with Gasteiger partial charge in [-0.15, -0.1) is 16.9 Å². The van der Waals surface area contributed by atoms with Gasteiger partial charge in [0.05, 0.1) is 23.2 Å². The Hall–Kier alpha value is -3.71. The van der Waals surface area contributed by atoms with Crippen LogP contribution in [0.15, 0.2) is 48.5 Å². The first kappa shape index (κ1) is 20.6. The Bertz CT molecular complexity index is 1170. The summed E-state index contributed by atoms with van der Waals surface area (Å²) in [6.45, 7) is 1.70. The van der Waals surface area contributed by atoms with Gasteiger partial charge in [-0.2, -0.15) is 5.26 Å². The van der Waals surface area contributed by atoms with E-state index >= 15 is 0 Å². The number of carbonyl (C=O) groups excluding carboxylic acids is 2. The van der Waals surface area contributed by atoms with Crippen LogP contribution in [0, 0.1) is 24.1 Å². The molecule has 10 heteroatoms. The number of nitrogens with zero attached hydrogens (tertiary/aromatic N) is 5. The van der Waals surface area contributed by atoms with Crippen molar-refractivity contribution in [2.45, 2.75) is 13.0 Å². The topological polar surface area (TPSA) is 104 Å². The monoisotopic (exact) mass is 436 g/mol. The van der Waals surface area contributed by atoms with Crippen molar-refractivity contribution in [3.8, 4) is 11.8 Å². The number of nitriles is 1. The van der Waals surface area contributed by atoms with Crippen molar-refractivity contribution in [2.24, 2.45) is 0 Å². The summed E-state index contributed by atoms with van der Waals surface area (Å²) < 4.78 is 14.7. The molecule has 31 heavy (non-hydrogen) atoms. The molecule has 2 heterocycles. The van der Waals surface area contributed by atoms with Crippen LogP contribution in [0.4, 0.5) is 10.1 Å². The lowest BCUT2D eigenvalue weighted by atomic mass is 10.2. The summed E-state index contributed by atoms with van der Waals surface area (Å²) in [5, 5.41) is 15.9. The third-order valence-corrected chi connectivity index (χ3v) is 5.77. The maximum Gasteiger partial charge on any atom is 0.294 e. The molecule has 0 bridgehead atoms. The Kier molecular flexibility index (Phi) is 5.68. The number of halogens is 1. The molecule has 0 spiro atoms. The highest BCUT2D eigenvalue weighted by molar-refractivity contribution is 7.99. The van der Waals surface area contributed by atoms with Gasteiger partial charge in [-0.05, 0) is 55.5 Å². The Morgan fingerprint density at radius 3 is 2.58 bits per heavy atom. The highest BCUT2D eigenvalue weighted by Gasteiger charge is 2.37. The van der Waals surface area contributed by atoms with E-state index in [0.717, 1.165) is 0 Å². The van der Waals surface area contributed by atoms with Crippen molar-refractivity contribution in [1.82, 2.24) is 19.7 Å². The van der Waals surface area contributed by atoms with E-state index < -0.39 is 11.9 Å². The van der Waals surface area contributed by atoms with Crippen LogP contribution in [-0.2, 0) is 4.79 Å². The number of thioether (sulfide) groups is 1. The lowest BCUT2D eigenvalue weighted by Crippen LogP contribution is -2.44. The van der Waals surface area contributed by atoms with E-state index in [4.69, 9.17) is 5.26 Å². The molecule has 4 rings (SSSR count). The van der Waals surface area contributed by atoms with Crippen molar-refractivity contribution >= 4 is 29.3 Å². The van der Waals surface area contributed by atoms with Gasteiger partial charge in [0.25, 0.3) is 5.91 Å². The fourth-order valence-corrected chi connectivity index (χ4v) is 4.30. The summed E-state index contributed by atoms with van der Waals surface area (Å²) in [7, 11) is 0. The van der Waals surface area contributed by atoms with Gasteiger partial charge < -0.3 is 10.2 Å². The summed E-state index contributed by atoms with van der Waals surface area (Å²) in [5.41, 5.74) is 1.61. The van der Waals surface area contributed by atoms with Crippen molar-refractivity contribution < 1.29 is 14.0 Å². The second-order valence-corrected chi connectivity index (χ2v) is 7.84. The minimum Gasteiger partial charge on any atom is -0.324 e. The van der Waals surface area contributed by atoms with Crippen LogP contribution in [-0.4, -0.2) is 49.2 Å². The van der Waals surface area contributed by atoms with Gasteiger partial charge in [-0.1, -0.05) is 0 Å². The zero-order valence-corrected chi connectivity index (χ0v) is 17.3. The van der Waals surface area contributed by atoms with E-state index in [1.807, 2.05) is 6.07 Å². The molecule has 0 radical (unpaired) electrons. The zero-order valence-electron chi connectivity index (χ0n) is 16.4. The largest absolute Gasteiger partial charge is 0.324 e. The number of rotatable bonds is 4. The fraction of sp³-hybridized carbons (Fsp3) is 0.190. The maximum absolute atomic E-state index is 13.2. The van der Waals surface area contributed by atoms with E-state index in [0.29, 0.717) is 34.4 Å². The number of amides is 2. The molecule has 2 amide bonds. The minimum atomic E-state index is -0.675. The average Bonchev–Trinajstić information content (AvgIpc) is 3.41. The predicted molar refractivity (Wildman–Crippen MR) is 113 cm³/mol. The lowest BCUT2D eigenvalue weighted by molar-refractivity contribution is -0.119. The number of carbonyl (C=O) groups is 2. The van der Waals surface area contributed by atoms with Gasteiger partial charge in [0, 0.05) is 11.4 Å². The smallest absolute Gasteiger partial charge is 0.294 e. The summed E-state index contributed by atoms with van der Waals surface area (Å²) in [4.78, 5) is 31.5. The summed E-state index contributed by atoms with van der Waals surface area (Å²) in [6.07, 6.45) is 0. The van der Waals surface area contributed by atoms with Crippen molar-refractivity contribution in [2.75, 3.05) is 16.9 Å². The molecule has 1 aliphatic heterocycles. The Labute approximate surface area is 181 Å². The van der Waals surface area contributed by atoms with Crippen LogP contribution in [0.3, 0.4) is 0 Å². The Morgan fingerprint density at radius 2 is 1.90 bits per heavy atom. The van der Waals surface area contributed by atoms with Crippen LogP contribution in [0.5, 0.6) is 0 Å². The summed E-state index contributed by atoms with van der Waals surface area (Å²) in [6, 6.07) is 13.5. The standard InChI is InChI=1S/C21H17FN6O2S/c1-13-24-19(26-28(13)17-8-4-15(22)5-9-17)21(30)27-12-31-11-18(27)20(29)25-16-6-2-14(10-23)3-7-16/h2-9,18H,11-12H2,1H3,(H,25,29). The molecule has 2 aromatic carbocycles. The zero-order chi connectivity index (χ0) is 22.0. The SMILES string of the molecule is Cc1nc(C(=O)N2CSCC2C(=O)Nc2ccc(C#N)cc2)nn1-c1ccc(F)cc1. The number of nitrogens with one attached hydrogen (secondary N) is 1. The van der Waals surface area contributed by atoms with Crippen LogP contribution in [0.25, 0.3) is 5.69 Å². The number of aryl methyl sites for hydroxylation is 1. The molecular weight excluding hydrogens is 419 g/mol. The number of hydrogen-bond acceptors (Lipinski definition) is 6. The first-order valence-corrected chi connectivity index (χ1v) is 10.5. The Balaban J connectivity index is 1.51. The highest BCUT2D eigenvalue weighted by Crippen LogP contribution is 2.24. The van der Waals surface area contributed by atoms with E-state index in [-0.39, 0.29) is 17.5 Å². The first-order chi connectivity index (χ1) is 15.0. The molecule has 1 atom stereocenters. The number of hydrogen-bond donors (Lipinski definition) is 1. The van der Waals surface area contributed by atoms with Gasteiger partial charge in [-0.3, -0.25) is 9.59 Å². The highest BCUT2D eigenvalue weighted by atomic mass is 32.2. The molecule has 3 aromatic rings. The van der Waals surface area contributed by atoms with E-state index in [1.54, 1.807) is 43.3 Å². The molecule has 1 aromatic heterocycles. The van der Waals surface area contributed by atoms with E-state index in [1.165, 1.54) is 33.5 Å². The van der Waals surface area contributed by atoms with Crippen LogP contribution < -0.4 is 5.32 Å². The minimum absolute atomic E-state index is 0.0273. The lowest BCUT2D eigenvalue weighted by Gasteiger charge is -2.21. The third-order valence-electron chi connectivity index (χ3n) is 4.76. The van der Waals surface area contributed by atoms with Crippen LogP contribution in [0.2, 0.25) is 0 Å². The fourth-order valence-electron chi connectivity index (χ4n) is 3.15. The number of anilines is 1. The van der Waals surface area contributed by atoms with Crippen LogP contribution in [0.1, 0.15) is 22.0 Å².